The summed E-state index contributed by atoms with van der Waals surface area (Å²) in [5.74, 6) is 0.665. The van der Waals surface area contributed by atoms with E-state index in [1.54, 1.807) is 19.2 Å². The highest BCUT2D eigenvalue weighted by Crippen LogP contribution is 2.12. The van der Waals surface area contributed by atoms with Crippen molar-refractivity contribution in [3.63, 3.8) is 0 Å². The third-order valence-corrected chi connectivity index (χ3v) is 3.13. The molecule has 0 spiro atoms. The molecular formula is C15H19N5O2. The standard InChI is InChI=1S/C15H19N5O2/c1-16-15(17-7-10-19-8-2-3-9-19)18-12-13-5-4-6-14(11-13)20(21)22/h2-6,8-9,11H,7,10,12H2,1H3,(H2,16,17,18). The largest absolute Gasteiger partial charge is 0.355 e. The SMILES string of the molecule is CN=C(NCCn1cccc1)NCc1cccc([N+](=O)[O-])c1. The van der Waals surface area contributed by atoms with Gasteiger partial charge in [-0.05, 0) is 17.7 Å². The first kappa shape index (κ1) is 15.6. The van der Waals surface area contributed by atoms with E-state index in [0.29, 0.717) is 12.5 Å². The number of non-ortho nitro benzene ring substituents is 1. The third-order valence-electron chi connectivity index (χ3n) is 3.13. The fraction of sp³-hybridized carbons (Fsp3) is 0.267. The minimum absolute atomic E-state index is 0.0925. The van der Waals surface area contributed by atoms with Gasteiger partial charge in [-0.3, -0.25) is 15.1 Å². The van der Waals surface area contributed by atoms with Crippen LogP contribution in [-0.4, -0.2) is 29.0 Å². The van der Waals surface area contributed by atoms with E-state index in [9.17, 15) is 10.1 Å². The predicted molar refractivity (Wildman–Crippen MR) is 85.7 cm³/mol. The van der Waals surface area contributed by atoms with Crippen molar-refractivity contribution in [2.45, 2.75) is 13.1 Å². The van der Waals surface area contributed by atoms with Gasteiger partial charge in [-0.2, -0.15) is 0 Å². The smallest absolute Gasteiger partial charge is 0.269 e. The van der Waals surface area contributed by atoms with Gasteiger partial charge in [0.2, 0.25) is 0 Å². The molecule has 116 valence electrons. The van der Waals surface area contributed by atoms with Crippen molar-refractivity contribution in [3.8, 4) is 0 Å². The Kier molecular flexibility index (Phi) is 5.53. The molecule has 0 bridgehead atoms. The van der Waals surface area contributed by atoms with Crippen LogP contribution >= 0.6 is 0 Å². The molecule has 22 heavy (non-hydrogen) atoms. The zero-order valence-electron chi connectivity index (χ0n) is 12.4. The Hall–Kier alpha value is -2.83. The van der Waals surface area contributed by atoms with Crippen molar-refractivity contribution in [2.75, 3.05) is 13.6 Å². The van der Waals surface area contributed by atoms with Gasteiger partial charge in [0.15, 0.2) is 5.96 Å². The number of nitro benzene ring substituents is 1. The molecule has 0 aliphatic rings. The number of nitro groups is 1. The highest BCUT2D eigenvalue weighted by Gasteiger charge is 2.06. The van der Waals surface area contributed by atoms with Crippen molar-refractivity contribution < 1.29 is 4.92 Å². The topological polar surface area (TPSA) is 84.5 Å². The lowest BCUT2D eigenvalue weighted by Crippen LogP contribution is -2.38. The highest BCUT2D eigenvalue weighted by molar-refractivity contribution is 5.79. The molecule has 0 aliphatic carbocycles. The Bertz CT molecular complexity index is 637. The van der Waals surface area contributed by atoms with E-state index in [1.165, 1.54) is 6.07 Å². The van der Waals surface area contributed by atoms with Crippen LogP contribution in [0.15, 0.2) is 53.8 Å². The summed E-state index contributed by atoms with van der Waals surface area (Å²) < 4.78 is 2.07. The number of aliphatic imine (C=N–C) groups is 1. The molecule has 0 amide bonds. The number of nitrogens with zero attached hydrogens (tertiary/aromatic N) is 3. The molecule has 0 unspecified atom stereocenters. The lowest BCUT2D eigenvalue weighted by atomic mass is 10.2. The minimum atomic E-state index is -0.395. The van der Waals surface area contributed by atoms with Crippen molar-refractivity contribution in [2.24, 2.45) is 4.99 Å². The van der Waals surface area contributed by atoms with Gasteiger partial charge in [-0.15, -0.1) is 0 Å². The molecule has 0 fully saturated rings. The van der Waals surface area contributed by atoms with Crippen LogP contribution in [0.25, 0.3) is 0 Å². The molecule has 1 aromatic carbocycles. The molecular weight excluding hydrogens is 282 g/mol. The summed E-state index contributed by atoms with van der Waals surface area (Å²) in [4.78, 5) is 14.5. The Labute approximate surface area is 128 Å². The van der Waals surface area contributed by atoms with E-state index in [-0.39, 0.29) is 5.69 Å². The molecule has 0 saturated carbocycles. The summed E-state index contributed by atoms with van der Waals surface area (Å²) in [7, 11) is 1.69. The second kappa shape index (κ2) is 7.82. The van der Waals surface area contributed by atoms with E-state index in [4.69, 9.17) is 0 Å². The zero-order valence-corrected chi connectivity index (χ0v) is 12.4. The maximum Gasteiger partial charge on any atom is 0.269 e. The molecule has 7 nitrogen and oxygen atoms in total. The van der Waals surface area contributed by atoms with Gasteiger partial charge in [0.1, 0.15) is 0 Å². The number of benzene rings is 1. The first-order valence-electron chi connectivity index (χ1n) is 6.97. The highest BCUT2D eigenvalue weighted by atomic mass is 16.6. The number of nitrogens with one attached hydrogen (secondary N) is 2. The average molecular weight is 301 g/mol. The maximum atomic E-state index is 10.7. The van der Waals surface area contributed by atoms with Crippen LogP contribution in [0.4, 0.5) is 5.69 Å². The Balaban J connectivity index is 1.81. The molecule has 2 aromatic rings. The first-order valence-corrected chi connectivity index (χ1v) is 6.97. The van der Waals surface area contributed by atoms with Crippen LogP contribution in [0.2, 0.25) is 0 Å². The van der Waals surface area contributed by atoms with Crippen molar-refractivity contribution in [1.82, 2.24) is 15.2 Å². The quantitative estimate of drug-likeness (QED) is 0.368. The summed E-state index contributed by atoms with van der Waals surface area (Å²) in [6.45, 7) is 2.05. The lowest BCUT2D eigenvalue weighted by molar-refractivity contribution is -0.384. The van der Waals surface area contributed by atoms with E-state index >= 15 is 0 Å². The fourth-order valence-electron chi connectivity index (χ4n) is 2.01. The molecule has 1 heterocycles. The summed E-state index contributed by atoms with van der Waals surface area (Å²) in [6, 6.07) is 10.5. The van der Waals surface area contributed by atoms with E-state index < -0.39 is 4.92 Å². The summed E-state index contributed by atoms with van der Waals surface area (Å²) in [6.07, 6.45) is 4.00. The molecule has 1 aromatic heterocycles. The normalized spacial score (nSPS) is 11.2. The number of hydrogen-bond donors (Lipinski definition) is 2. The summed E-state index contributed by atoms with van der Waals surface area (Å²) in [5.41, 5.74) is 0.928. The monoisotopic (exact) mass is 301 g/mol. The van der Waals surface area contributed by atoms with Crippen LogP contribution in [0.3, 0.4) is 0 Å². The second-order valence-corrected chi connectivity index (χ2v) is 4.70. The number of rotatable bonds is 6. The van der Waals surface area contributed by atoms with Gasteiger partial charge in [0.05, 0.1) is 4.92 Å². The van der Waals surface area contributed by atoms with Crippen LogP contribution < -0.4 is 10.6 Å². The van der Waals surface area contributed by atoms with E-state index in [2.05, 4.69) is 20.2 Å². The molecule has 7 heteroatoms. The Morgan fingerprint density at radius 3 is 2.73 bits per heavy atom. The summed E-state index contributed by atoms with van der Waals surface area (Å²) >= 11 is 0. The van der Waals surface area contributed by atoms with Gasteiger partial charge in [0, 0.05) is 51.2 Å². The minimum Gasteiger partial charge on any atom is -0.355 e. The van der Waals surface area contributed by atoms with Crippen LogP contribution in [0.1, 0.15) is 5.56 Å². The van der Waals surface area contributed by atoms with Gasteiger partial charge in [0.25, 0.3) is 5.69 Å². The van der Waals surface area contributed by atoms with E-state index in [0.717, 1.165) is 18.7 Å². The zero-order chi connectivity index (χ0) is 15.8. The van der Waals surface area contributed by atoms with E-state index in [1.807, 2.05) is 30.6 Å². The van der Waals surface area contributed by atoms with Crippen molar-refractivity contribution in [3.05, 3.63) is 64.5 Å². The van der Waals surface area contributed by atoms with Crippen LogP contribution in [0.5, 0.6) is 0 Å². The van der Waals surface area contributed by atoms with Gasteiger partial charge in [-0.1, -0.05) is 12.1 Å². The Morgan fingerprint density at radius 1 is 1.27 bits per heavy atom. The van der Waals surface area contributed by atoms with Crippen molar-refractivity contribution in [1.29, 1.82) is 0 Å². The van der Waals surface area contributed by atoms with Gasteiger partial charge in [-0.25, -0.2) is 0 Å². The Morgan fingerprint density at radius 2 is 2.05 bits per heavy atom. The number of aromatic nitrogens is 1. The van der Waals surface area contributed by atoms with Gasteiger partial charge >= 0.3 is 0 Å². The van der Waals surface area contributed by atoms with Crippen LogP contribution in [-0.2, 0) is 13.1 Å². The predicted octanol–water partition coefficient (Wildman–Crippen LogP) is 1.76. The van der Waals surface area contributed by atoms with Crippen molar-refractivity contribution >= 4 is 11.6 Å². The summed E-state index contributed by atoms with van der Waals surface area (Å²) in [5, 5.41) is 17.1. The number of guanidine groups is 1. The molecule has 0 aliphatic heterocycles. The van der Waals surface area contributed by atoms with Crippen LogP contribution in [0, 0.1) is 10.1 Å². The third kappa shape index (κ3) is 4.62. The molecule has 0 atom stereocenters. The molecule has 2 N–H and O–H groups in total. The first-order chi connectivity index (χ1) is 10.7. The fourth-order valence-corrected chi connectivity index (χ4v) is 2.01. The molecule has 0 saturated heterocycles. The number of hydrogen-bond acceptors (Lipinski definition) is 3. The molecule has 2 rings (SSSR count). The second-order valence-electron chi connectivity index (χ2n) is 4.70. The lowest BCUT2D eigenvalue weighted by Gasteiger charge is -2.12. The molecule has 0 radical (unpaired) electrons. The average Bonchev–Trinajstić information content (AvgIpc) is 3.04. The van der Waals surface area contributed by atoms with Gasteiger partial charge < -0.3 is 15.2 Å². The maximum absolute atomic E-state index is 10.7.